The van der Waals surface area contributed by atoms with E-state index in [1.807, 2.05) is 37.3 Å². The second-order valence-electron chi connectivity index (χ2n) is 5.95. The molecule has 0 aliphatic carbocycles. The van der Waals surface area contributed by atoms with Gasteiger partial charge < -0.3 is 9.64 Å². The van der Waals surface area contributed by atoms with E-state index in [1.165, 1.54) is 25.1 Å². The highest BCUT2D eigenvalue weighted by molar-refractivity contribution is 6.00. The maximum atomic E-state index is 12.3. The minimum atomic E-state index is -0.581. The van der Waals surface area contributed by atoms with Crippen molar-refractivity contribution in [3.8, 4) is 0 Å². The van der Waals surface area contributed by atoms with Gasteiger partial charge in [0.05, 0.1) is 24.9 Å². The lowest BCUT2D eigenvalue weighted by molar-refractivity contribution is -0.116. The molecule has 1 aromatic carbocycles. The van der Waals surface area contributed by atoms with Gasteiger partial charge in [-0.05, 0) is 36.8 Å². The molecule has 0 bridgehead atoms. The van der Waals surface area contributed by atoms with Gasteiger partial charge in [0, 0.05) is 24.2 Å². The maximum absolute atomic E-state index is 12.3. The zero-order valence-electron chi connectivity index (χ0n) is 14.9. The summed E-state index contributed by atoms with van der Waals surface area (Å²) >= 11 is 0. The summed E-state index contributed by atoms with van der Waals surface area (Å²) in [5, 5.41) is 1.03. The summed E-state index contributed by atoms with van der Waals surface area (Å²) in [7, 11) is 1.29. The number of hydrogen-bond donors (Lipinski definition) is 0. The summed E-state index contributed by atoms with van der Waals surface area (Å²) in [6.07, 6.45) is 1.50. The monoisotopic (exact) mass is 349 g/mol. The van der Waals surface area contributed by atoms with Crippen LogP contribution in [-0.2, 0) is 16.1 Å². The highest BCUT2D eigenvalue weighted by Gasteiger charge is 2.21. The first-order valence-corrected chi connectivity index (χ1v) is 8.17. The number of ether oxygens (including phenoxy) is 1. The third-order valence-corrected chi connectivity index (χ3v) is 4.07. The lowest BCUT2D eigenvalue weighted by Gasteiger charge is -2.23. The fourth-order valence-corrected chi connectivity index (χ4v) is 2.78. The van der Waals surface area contributed by atoms with Crippen LogP contribution in [-0.4, -0.2) is 29.0 Å². The number of fused-ring (bicyclic) bond motifs is 1. The Kier molecular flexibility index (Phi) is 4.93. The number of aryl methyl sites for hydroxylation is 1. The number of hydrogen-bond acceptors (Lipinski definition) is 5. The van der Waals surface area contributed by atoms with Gasteiger partial charge in [-0.2, -0.15) is 0 Å². The molecule has 0 unspecified atom stereocenters. The first-order chi connectivity index (χ1) is 12.5. The lowest BCUT2D eigenvalue weighted by Crippen LogP contribution is -2.30. The third-order valence-electron chi connectivity index (χ3n) is 4.07. The number of anilines is 1. The van der Waals surface area contributed by atoms with Gasteiger partial charge in [-0.25, -0.2) is 9.78 Å². The highest BCUT2D eigenvalue weighted by Crippen LogP contribution is 2.23. The van der Waals surface area contributed by atoms with Crippen LogP contribution in [0.3, 0.4) is 0 Å². The van der Waals surface area contributed by atoms with Crippen molar-refractivity contribution in [2.45, 2.75) is 20.4 Å². The average Bonchev–Trinajstić information content (AvgIpc) is 2.65. The topological polar surface area (TPSA) is 72.4 Å². The van der Waals surface area contributed by atoms with E-state index in [2.05, 4.69) is 9.97 Å². The van der Waals surface area contributed by atoms with E-state index in [1.54, 1.807) is 12.1 Å². The van der Waals surface area contributed by atoms with E-state index in [9.17, 15) is 9.59 Å². The standard InChI is InChI=1S/C20H19N3O3/c1-13-6-8-16-9-7-15(11-17(16)22-13)12-23(14(2)24)18-5-4-10-21-19(18)20(25)26-3/h4-11H,12H2,1-3H3. The van der Waals surface area contributed by atoms with Gasteiger partial charge in [0.25, 0.3) is 0 Å². The zero-order valence-corrected chi connectivity index (χ0v) is 14.9. The molecule has 0 saturated carbocycles. The van der Waals surface area contributed by atoms with Crippen LogP contribution < -0.4 is 4.90 Å². The smallest absolute Gasteiger partial charge is 0.358 e. The Balaban J connectivity index is 2.00. The summed E-state index contributed by atoms with van der Waals surface area (Å²) in [6.45, 7) is 3.69. The lowest BCUT2D eigenvalue weighted by atomic mass is 10.1. The van der Waals surface area contributed by atoms with Gasteiger partial charge in [-0.1, -0.05) is 18.2 Å². The van der Waals surface area contributed by atoms with Crippen molar-refractivity contribution in [3.05, 3.63) is 65.6 Å². The molecule has 2 heterocycles. The number of carbonyl (C=O) groups excluding carboxylic acids is 2. The van der Waals surface area contributed by atoms with Gasteiger partial charge in [-0.15, -0.1) is 0 Å². The minimum absolute atomic E-state index is 0.111. The van der Waals surface area contributed by atoms with Crippen molar-refractivity contribution in [1.82, 2.24) is 9.97 Å². The van der Waals surface area contributed by atoms with Crippen LogP contribution in [0.1, 0.15) is 28.7 Å². The fourth-order valence-electron chi connectivity index (χ4n) is 2.78. The first-order valence-electron chi connectivity index (χ1n) is 8.17. The van der Waals surface area contributed by atoms with E-state index in [-0.39, 0.29) is 11.6 Å². The Morgan fingerprint density at radius 3 is 2.65 bits per heavy atom. The van der Waals surface area contributed by atoms with Gasteiger partial charge in [0.2, 0.25) is 5.91 Å². The number of carbonyl (C=O) groups is 2. The molecular weight excluding hydrogens is 330 g/mol. The van der Waals surface area contributed by atoms with Gasteiger partial charge >= 0.3 is 5.97 Å². The number of benzene rings is 1. The number of aromatic nitrogens is 2. The van der Waals surface area contributed by atoms with Crippen molar-refractivity contribution >= 4 is 28.5 Å². The van der Waals surface area contributed by atoms with Crippen LogP contribution in [0.5, 0.6) is 0 Å². The van der Waals surface area contributed by atoms with Crippen molar-refractivity contribution in [3.63, 3.8) is 0 Å². The number of methoxy groups -OCH3 is 1. The Morgan fingerprint density at radius 1 is 1.15 bits per heavy atom. The molecule has 1 amide bonds. The summed E-state index contributed by atoms with van der Waals surface area (Å²) in [4.78, 5) is 34.4. The molecular formula is C20H19N3O3. The van der Waals surface area contributed by atoms with Crippen LogP contribution in [0.25, 0.3) is 10.9 Å². The van der Waals surface area contributed by atoms with Crippen molar-refractivity contribution in [1.29, 1.82) is 0 Å². The molecule has 3 aromatic rings. The third kappa shape index (κ3) is 3.54. The first kappa shape index (κ1) is 17.5. The molecule has 0 atom stereocenters. The molecule has 0 fully saturated rings. The fraction of sp³-hybridized carbons (Fsp3) is 0.200. The molecule has 0 N–H and O–H groups in total. The normalized spacial score (nSPS) is 10.6. The number of esters is 1. The summed E-state index contributed by atoms with van der Waals surface area (Å²) in [6, 6.07) is 13.2. The largest absolute Gasteiger partial charge is 0.464 e. The van der Waals surface area contributed by atoms with Crippen molar-refractivity contribution < 1.29 is 14.3 Å². The van der Waals surface area contributed by atoms with E-state index in [0.717, 1.165) is 22.2 Å². The Morgan fingerprint density at radius 2 is 1.92 bits per heavy atom. The summed E-state index contributed by atoms with van der Waals surface area (Å²) in [5.41, 5.74) is 3.23. The van der Waals surface area contributed by atoms with Crippen LogP contribution in [0.15, 0.2) is 48.7 Å². The number of nitrogens with zero attached hydrogens (tertiary/aromatic N) is 3. The van der Waals surface area contributed by atoms with Gasteiger partial charge in [0.1, 0.15) is 0 Å². The molecule has 6 nitrogen and oxygen atoms in total. The molecule has 0 radical (unpaired) electrons. The van der Waals surface area contributed by atoms with Crippen LogP contribution in [0, 0.1) is 6.92 Å². The summed E-state index contributed by atoms with van der Waals surface area (Å²) < 4.78 is 4.78. The molecule has 132 valence electrons. The minimum Gasteiger partial charge on any atom is -0.464 e. The van der Waals surface area contributed by atoms with Crippen molar-refractivity contribution in [2.75, 3.05) is 12.0 Å². The molecule has 0 aliphatic rings. The van der Waals surface area contributed by atoms with Crippen molar-refractivity contribution in [2.24, 2.45) is 0 Å². The van der Waals surface area contributed by atoms with E-state index < -0.39 is 5.97 Å². The second kappa shape index (κ2) is 7.31. The molecule has 0 spiro atoms. The Hall–Kier alpha value is -3.28. The maximum Gasteiger partial charge on any atom is 0.358 e. The molecule has 6 heteroatoms. The Labute approximate surface area is 151 Å². The van der Waals surface area contributed by atoms with E-state index in [4.69, 9.17) is 4.74 Å². The predicted octanol–water partition coefficient (Wildman–Crippen LogP) is 3.28. The second-order valence-corrected chi connectivity index (χ2v) is 5.95. The zero-order chi connectivity index (χ0) is 18.7. The van der Waals surface area contributed by atoms with Crippen LogP contribution in [0.4, 0.5) is 5.69 Å². The quantitative estimate of drug-likeness (QED) is 0.676. The van der Waals surface area contributed by atoms with E-state index >= 15 is 0 Å². The van der Waals surface area contributed by atoms with Gasteiger partial charge in [-0.3, -0.25) is 9.78 Å². The number of rotatable bonds is 4. The van der Waals surface area contributed by atoms with Crippen LogP contribution in [0.2, 0.25) is 0 Å². The van der Waals surface area contributed by atoms with Gasteiger partial charge in [0.15, 0.2) is 5.69 Å². The molecule has 0 saturated heterocycles. The Bertz CT molecular complexity index is 985. The van der Waals surface area contributed by atoms with E-state index in [0.29, 0.717) is 12.2 Å². The molecule has 2 aromatic heterocycles. The summed E-state index contributed by atoms with van der Waals surface area (Å²) in [5.74, 6) is -0.775. The number of pyridine rings is 2. The molecule has 3 rings (SSSR count). The average molecular weight is 349 g/mol. The molecule has 26 heavy (non-hydrogen) atoms. The predicted molar refractivity (Wildman–Crippen MR) is 98.9 cm³/mol. The molecule has 0 aliphatic heterocycles. The highest BCUT2D eigenvalue weighted by atomic mass is 16.5. The number of amides is 1. The van der Waals surface area contributed by atoms with Crippen LogP contribution >= 0.6 is 0 Å². The SMILES string of the molecule is COC(=O)c1ncccc1N(Cc1ccc2ccc(C)nc2c1)C(C)=O.